The van der Waals surface area contributed by atoms with Crippen molar-refractivity contribution >= 4 is 29.1 Å². The van der Waals surface area contributed by atoms with E-state index in [9.17, 15) is 24.3 Å². The Labute approximate surface area is 172 Å². The van der Waals surface area contributed by atoms with Crippen LogP contribution in [0.2, 0.25) is 0 Å². The van der Waals surface area contributed by atoms with Crippen LogP contribution in [0.1, 0.15) is 44.7 Å². The Morgan fingerprint density at radius 3 is 2.30 bits per heavy atom. The Morgan fingerprint density at radius 2 is 1.67 bits per heavy atom. The van der Waals surface area contributed by atoms with Crippen molar-refractivity contribution in [2.75, 3.05) is 11.9 Å². The zero-order valence-corrected chi connectivity index (χ0v) is 16.1. The van der Waals surface area contributed by atoms with Crippen LogP contribution < -0.4 is 10.6 Å². The summed E-state index contributed by atoms with van der Waals surface area (Å²) in [6, 6.07) is 10.5. The molecule has 7 heteroatoms. The van der Waals surface area contributed by atoms with Crippen molar-refractivity contribution in [2.45, 2.75) is 18.9 Å². The molecule has 0 radical (unpaired) electrons. The summed E-state index contributed by atoms with van der Waals surface area (Å²) in [5.74, 6) is -1.90. The third-order valence-corrected chi connectivity index (χ3v) is 5.42. The Hall–Kier alpha value is -3.58. The number of fused-ring (bicyclic) bond motifs is 2. The van der Waals surface area contributed by atoms with Gasteiger partial charge in [0.2, 0.25) is 5.91 Å². The van der Waals surface area contributed by atoms with Gasteiger partial charge in [-0.15, -0.1) is 0 Å². The van der Waals surface area contributed by atoms with Gasteiger partial charge in [0.1, 0.15) is 6.04 Å². The molecule has 0 fully saturated rings. The lowest BCUT2D eigenvalue weighted by atomic mass is 9.83. The molecule has 0 saturated heterocycles. The summed E-state index contributed by atoms with van der Waals surface area (Å²) in [4.78, 5) is 49.6. The van der Waals surface area contributed by atoms with Gasteiger partial charge >= 0.3 is 5.97 Å². The quantitative estimate of drug-likeness (QED) is 0.521. The SMILES string of the molecule is O=C(CNC(CC1C=CC1)C(=O)O)Nc1cccc2c1C(=O)c1ccccc1C2=O. The molecular formula is C23H20N2O5. The van der Waals surface area contributed by atoms with Crippen molar-refractivity contribution in [2.24, 2.45) is 5.92 Å². The van der Waals surface area contributed by atoms with Crippen LogP contribution >= 0.6 is 0 Å². The summed E-state index contributed by atoms with van der Waals surface area (Å²) in [5.41, 5.74) is 1.28. The Balaban J connectivity index is 1.50. The number of rotatable bonds is 7. The van der Waals surface area contributed by atoms with Gasteiger partial charge in [0.15, 0.2) is 11.6 Å². The van der Waals surface area contributed by atoms with Gasteiger partial charge < -0.3 is 10.4 Å². The average Bonchev–Trinajstić information content (AvgIpc) is 2.70. The molecule has 2 aromatic carbocycles. The van der Waals surface area contributed by atoms with Crippen LogP contribution in [-0.4, -0.2) is 41.1 Å². The molecule has 3 N–H and O–H groups in total. The molecule has 152 valence electrons. The number of carbonyl (C=O) groups excluding carboxylic acids is 3. The monoisotopic (exact) mass is 404 g/mol. The predicted molar refractivity (Wildman–Crippen MR) is 110 cm³/mol. The molecule has 2 aliphatic rings. The van der Waals surface area contributed by atoms with Gasteiger partial charge in [-0.25, -0.2) is 0 Å². The summed E-state index contributed by atoms with van der Waals surface area (Å²) < 4.78 is 0. The van der Waals surface area contributed by atoms with Crippen molar-refractivity contribution in [1.29, 1.82) is 0 Å². The molecule has 4 rings (SSSR count). The van der Waals surface area contributed by atoms with Crippen molar-refractivity contribution in [3.05, 3.63) is 76.9 Å². The predicted octanol–water partition coefficient (Wildman–Crippen LogP) is 2.41. The topological polar surface area (TPSA) is 113 Å². The van der Waals surface area contributed by atoms with E-state index in [2.05, 4.69) is 10.6 Å². The van der Waals surface area contributed by atoms with E-state index >= 15 is 0 Å². The lowest BCUT2D eigenvalue weighted by Gasteiger charge is -2.23. The highest BCUT2D eigenvalue weighted by molar-refractivity contribution is 6.30. The van der Waals surface area contributed by atoms with E-state index in [0.29, 0.717) is 17.5 Å². The number of carboxylic acids is 1. The van der Waals surface area contributed by atoms with E-state index in [1.165, 1.54) is 0 Å². The number of carboxylic acid groups (broad SMARTS) is 1. The number of hydrogen-bond donors (Lipinski definition) is 3. The number of aliphatic carboxylic acids is 1. The highest BCUT2D eigenvalue weighted by atomic mass is 16.4. The first kappa shape index (κ1) is 19.7. The lowest BCUT2D eigenvalue weighted by Crippen LogP contribution is -2.42. The molecule has 2 atom stereocenters. The van der Waals surface area contributed by atoms with Gasteiger partial charge in [-0.3, -0.25) is 24.5 Å². The van der Waals surface area contributed by atoms with E-state index in [0.717, 1.165) is 6.42 Å². The molecule has 0 saturated carbocycles. The molecule has 7 nitrogen and oxygen atoms in total. The Bertz CT molecular complexity index is 1090. The van der Waals surface area contributed by atoms with Gasteiger partial charge in [0.05, 0.1) is 17.8 Å². The molecule has 2 aliphatic carbocycles. The zero-order valence-electron chi connectivity index (χ0n) is 16.1. The molecular weight excluding hydrogens is 384 g/mol. The molecule has 0 bridgehead atoms. The minimum atomic E-state index is -1.02. The fourth-order valence-electron chi connectivity index (χ4n) is 3.74. The van der Waals surface area contributed by atoms with Gasteiger partial charge in [0.25, 0.3) is 0 Å². The molecule has 0 heterocycles. The van der Waals surface area contributed by atoms with E-state index in [4.69, 9.17) is 0 Å². The van der Waals surface area contributed by atoms with Gasteiger partial charge in [0, 0.05) is 16.7 Å². The fraction of sp³-hybridized carbons (Fsp3) is 0.217. The number of carbonyl (C=O) groups is 4. The summed E-state index contributed by atoms with van der Waals surface area (Å²) in [6.45, 7) is -0.226. The number of anilines is 1. The number of nitrogens with one attached hydrogen (secondary N) is 2. The largest absolute Gasteiger partial charge is 0.480 e. The van der Waals surface area contributed by atoms with Gasteiger partial charge in [-0.2, -0.15) is 0 Å². The summed E-state index contributed by atoms with van der Waals surface area (Å²) >= 11 is 0. The van der Waals surface area contributed by atoms with Crippen LogP contribution in [0.25, 0.3) is 0 Å². The van der Waals surface area contributed by atoms with Crippen molar-refractivity contribution < 1.29 is 24.3 Å². The number of amides is 1. The van der Waals surface area contributed by atoms with Crippen LogP contribution in [0.5, 0.6) is 0 Å². The smallest absolute Gasteiger partial charge is 0.320 e. The van der Waals surface area contributed by atoms with Crippen molar-refractivity contribution in [1.82, 2.24) is 5.32 Å². The van der Waals surface area contributed by atoms with E-state index in [1.807, 2.05) is 12.2 Å². The highest BCUT2D eigenvalue weighted by Crippen LogP contribution is 2.31. The molecule has 1 amide bonds. The number of allylic oxidation sites excluding steroid dienone is 2. The summed E-state index contributed by atoms with van der Waals surface area (Å²) in [6.07, 6.45) is 5.18. The maximum absolute atomic E-state index is 13.0. The minimum absolute atomic E-state index is 0.156. The fourth-order valence-corrected chi connectivity index (χ4v) is 3.74. The number of ketones is 2. The first-order valence-corrected chi connectivity index (χ1v) is 9.70. The normalized spacial score (nSPS) is 17.5. The first-order valence-electron chi connectivity index (χ1n) is 9.70. The minimum Gasteiger partial charge on any atom is -0.480 e. The number of benzene rings is 2. The standard InChI is InChI=1S/C23H20N2O5/c26-19(12-24-18(23(29)30)11-13-5-3-6-13)25-17-10-4-9-16-20(17)22(28)15-8-2-1-7-14(15)21(16)27/h1-5,7-10,13,18,24H,6,11-12H2,(H,25,26)(H,29,30). The van der Waals surface area contributed by atoms with Crippen molar-refractivity contribution in [3.63, 3.8) is 0 Å². The van der Waals surface area contributed by atoms with Crippen LogP contribution in [0.3, 0.4) is 0 Å². The summed E-state index contributed by atoms with van der Waals surface area (Å²) in [7, 11) is 0. The second kappa shape index (κ2) is 8.04. The highest BCUT2D eigenvalue weighted by Gasteiger charge is 2.31. The second-order valence-corrected chi connectivity index (χ2v) is 7.41. The first-order chi connectivity index (χ1) is 14.5. The number of hydrogen-bond acceptors (Lipinski definition) is 5. The van der Waals surface area contributed by atoms with Crippen LogP contribution in [0.4, 0.5) is 5.69 Å². The lowest BCUT2D eigenvalue weighted by molar-refractivity contribution is -0.139. The second-order valence-electron chi connectivity index (χ2n) is 7.41. The molecule has 2 unspecified atom stereocenters. The van der Waals surface area contributed by atoms with Crippen LogP contribution in [0.15, 0.2) is 54.6 Å². The van der Waals surface area contributed by atoms with Crippen LogP contribution in [-0.2, 0) is 9.59 Å². The van der Waals surface area contributed by atoms with Crippen LogP contribution in [0, 0.1) is 5.92 Å². The Kier molecular flexibility index (Phi) is 5.29. The maximum atomic E-state index is 13.0. The molecule has 0 spiro atoms. The third kappa shape index (κ3) is 3.67. The molecule has 2 aromatic rings. The van der Waals surface area contributed by atoms with E-state index in [1.54, 1.807) is 42.5 Å². The van der Waals surface area contributed by atoms with Gasteiger partial charge in [-0.05, 0) is 24.8 Å². The van der Waals surface area contributed by atoms with Crippen molar-refractivity contribution in [3.8, 4) is 0 Å². The summed E-state index contributed by atoms with van der Waals surface area (Å²) in [5, 5.41) is 14.8. The third-order valence-electron chi connectivity index (χ3n) is 5.42. The van der Waals surface area contributed by atoms with E-state index < -0.39 is 17.9 Å². The molecule has 0 aromatic heterocycles. The van der Waals surface area contributed by atoms with E-state index in [-0.39, 0.29) is 40.8 Å². The van der Waals surface area contributed by atoms with Gasteiger partial charge in [-0.1, -0.05) is 48.6 Å². The maximum Gasteiger partial charge on any atom is 0.320 e. The zero-order chi connectivity index (χ0) is 21.3. The molecule has 30 heavy (non-hydrogen) atoms. The Morgan fingerprint density at radius 1 is 1.00 bits per heavy atom. The molecule has 0 aliphatic heterocycles. The average molecular weight is 404 g/mol.